The van der Waals surface area contributed by atoms with E-state index in [0.717, 1.165) is 32.1 Å². The summed E-state index contributed by atoms with van der Waals surface area (Å²) >= 11 is 0. The number of urea groups is 1. The van der Waals surface area contributed by atoms with Crippen molar-refractivity contribution in [3.8, 4) is 0 Å². The zero-order valence-electron chi connectivity index (χ0n) is 12.4. The summed E-state index contributed by atoms with van der Waals surface area (Å²) < 4.78 is 5.07. The summed E-state index contributed by atoms with van der Waals surface area (Å²) in [5.41, 5.74) is 0. The minimum atomic E-state index is -0.259. The molecule has 0 saturated heterocycles. The molecule has 1 aliphatic rings. The fourth-order valence-electron chi connectivity index (χ4n) is 2.58. The quantitative estimate of drug-likeness (QED) is 0.772. The molecule has 0 aliphatic heterocycles. The van der Waals surface area contributed by atoms with E-state index >= 15 is 0 Å². The topological polar surface area (TPSA) is 61.8 Å². The maximum absolute atomic E-state index is 12.0. The monoisotopic (exact) mass is 272 g/mol. The normalized spacial score (nSPS) is 24.8. The van der Waals surface area contributed by atoms with E-state index in [2.05, 4.69) is 5.32 Å². The first-order valence-corrected chi connectivity index (χ1v) is 7.27. The number of aliphatic hydroxyl groups excluding tert-OH is 1. The Kier molecular flexibility index (Phi) is 7.16. The largest absolute Gasteiger partial charge is 0.393 e. The van der Waals surface area contributed by atoms with Crippen molar-refractivity contribution in [2.75, 3.05) is 27.3 Å². The first-order valence-electron chi connectivity index (χ1n) is 7.27. The van der Waals surface area contributed by atoms with Crippen LogP contribution in [0.5, 0.6) is 0 Å². The second kappa shape index (κ2) is 8.38. The Hall–Kier alpha value is -0.810. The Morgan fingerprint density at radius 2 is 2.16 bits per heavy atom. The number of nitrogens with zero attached hydrogens (tertiary/aromatic N) is 1. The average molecular weight is 272 g/mol. The number of nitrogens with one attached hydrogen (secondary N) is 1. The highest BCUT2D eigenvalue weighted by Gasteiger charge is 2.26. The molecule has 0 aromatic heterocycles. The van der Waals surface area contributed by atoms with Gasteiger partial charge in [0.2, 0.25) is 0 Å². The predicted octanol–water partition coefficient (Wildman–Crippen LogP) is 1.60. The molecular weight excluding hydrogens is 244 g/mol. The summed E-state index contributed by atoms with van der Waals surface area (Å²) in [7, 11) is 3.42. The summed E-state index contributed by atoms with van der Waals surface area (Å²) in [6, 6.07) is -0.0297. The van der Waals surface area contributed by atoms with Crippen LogP contribution in [0.3, 0.4) is 0 Å². The Morgan fingerprint density at radius 1 is 1.47 bits per heavy atom. The zero-order valence-corrected chi connectivity index (χ0v) is 12.4. The van der Waals surface area contributed by atoms with Crippen molar-refractivity contribution in [2.24, 2.45) is 5.92 Å². The molecule has 112 valence electrons. The van der Waals surface area contributed by atoms with Crippen LogP contribution in [-0.4, -0.2) is 55.5 Å². The molecular formula is C14H28N2O3. The highest BCUT2D eigenvalue weighted by molar-refractivity contribution is 5.74. The zero-order chi connectivity index (χ0) is 14.3. The van der Waals surface area contributed by atoms with Crippen LogP contribution in [-0.2, 0) is 4.74 Å². The number of aliphatic hydroxyl groups is 1. The molecule has 1 saturated carbocycles. The lowest BCUT2D eigenvalue weighted by Crippen LogP contribution is -2.47. The molecule has 0 aromatic carbocycles. The van der Waals surface area contributed by atoms with Crippen molar-refractivity contribution < 1.29 is 14.6 Å². The summed E-state index contributed by atoms with van der Waals surface area (Å²) in [5.74, 6) is 0.215. The van der Waals surface area contributed by atoms with Gasteiger partial charge in [-0.15, -0.1) is 0 Å². The summed E-state index contributed by atoms with van der Waals surface area (Å²) in [4.78, 5) is 13.7. The smallest absolute Gasteiger partial charge is 0.317 e. The molecule has 1 aliphatic carbocycles. The third-order valence-electron chi connectivity index (χ3n) is 3.91. The maximum atomic E-state index is 12.0. The van der Waals surface area contributed by atoms with E-state index in [0.29, 0.717) is 13.2 Å². The van der Waals surface area contributed by atoms with E-state index in [1.54, 1.807) is 19.1 Å². The Bertz CT molecular complexity index is 273. The van der Waals surface area contributed by atoms with Gasteiger partial charge in [0, 0.05) is 26.6 Å². The molecule has 0 radical (unpaired) electrons. The third-order valence-corrected chi connectivity index (χ3v) is 3.91. The summed E-state index contributed by atoms with van der Waals surface area (Å²) in [6.45, 7) is 3.17. The van der Waals surface area contributed by atoms with Gasteiger partial charge in [0.05, 0.1) is 18.8 Å². The molecule has 19 heavy (non-hydrogen) atoms. The average Bonchev–Trinajstić information content (AvgIpc) is 2.40. The van der Waals surface area contributed by atoms with E-state index in [1.807, 2.05) is 6.92 Å². The van der Waals surface area contributed by atoms with Crippen molar-refractivity contribution >= 4 is 6.03 Å². The third kappa shape index (κ3) is 5.37. The molecule has 0 spiro atoms. The van der Waals surface area contributed by atoms with Gasteiger partial charge in [-0.3, -0.25) is 0 Å². The van der Waals surface area contributed by atoms with Crippen molar-refractivity contribution in [1.29, 1.82) is 0 Å². The Morgan fingerprint density at radius 3 is 2.74 bits per heavy atom. The number of hydrogen-bond acceptors (Lipinski definition) is 3. The molecule has 3 unspecified atom stereocenters. The fraction of sp³-hybridized carbons (Fsp3) is 0.929. The van der Waals surface area contributed by atoms with Gasteiger partial charge in [-0.2, -0.15) is 0 Å². The lowest BCUT2D eigenvalue weighted by atomic mass is 9.86. The highest BCUT2D eigenvalue weighted by atomic mass is 16.5. The minimum absolute atomic E-state index is 0.0521. The van der Waals surface area contributed by atoms with Crippen LogP contribution in [0.2, 0.25) is 0 Å². The number of rotatable bonds is 6. The van der Waals surface area contributed by atoms with Crippen molar-refractivity contribution in [3.63, 3.8) is 0 Å². The molecule has 1 fully saturated rings. The van der Waals surface area contributed by atoms with Crippen molar-refractivity contribution in [1.82, 2.24) is 10.2 Å². The van der Waals surface area contributed by atoms with E-state index in [4.69, 9.17) is 4.74 Å². The number of ether oxygens (including phenoxy) is 1. The van der Waals surface area contributed by atoms with E-state index < -0.39 is 0 Å². The van der Waals surface area contributed by atoms with Crippen molar-refractivity contribution in [2.45, 2.75) is 51.2 Å². The molecule has 0 aromatic rings. The van der Waals surface area contributed by atoms with Gasteiger partial charge in [-0.25, -0.2) is 4.79 Å². The predicted molar refractivity (Wildman–Crippen MR) is 75.1 cm³/mol. The molecule has 2 amide bonds. The molecule has 3 atom stereocenters. The van der Waals surface area contributed by atoms with E-state index in [-0.39, 0.29) is 24.1 Å². The summed E-state index contributed by atoms with van der Waals surface area (Å²) in [6.07, 6.45) is 4.71. The first-order chi connectivity index (χ1) is 9.08. The van der Waals surface area contributed by atoms with Gasteiger partial charge < -0.3 is 20.1 Å². The molecule has 5 heteroatoms. The SMILES string of the molecule is CCC(COC)NC(=O)N(C)CC1CCCCC1O. The number of carbonyl (C=O) groups is 1. The van der Waals surface area contributed by atoms with Crippen LogP contribution in [0, 0.1) is 5.92 Å². The highest BCUT2D eigenvalue weighted by Crippen LogP contribution is 2.24. The molecule has 5 nitrogen and oxygen atoms in total. The molecule has 1 rings (SSSR count). The van der Waals surface area contributed by atoms with E-state index in [1.165, 1.54) is 0 Å². The Balaban J connectivity index is 2.38. The standard InChI is InChI=1S/C14H28N2O3/c1-4-12(10-19-3)15-14(18)16(2)9-11-7-5-6-8-13(11)17/h11-13,17H,4-10H2,1-3H3,(H,15,18). The van der Waals surface area contributed by atoms with Crippen LogP contribution in [0.4, 0.5) is 4.79 Å². The van der Waals surface area contributed by atoms with Crippen molar-refractivity contribution in [3.05, 3.63) is 0 Å². The number of amides is 2. The second-order valence-electron chi connectivity index (χ2n) is 5.50. The molecule has 2 N–H and O–H groups in total. The van der Waals surface area contributed by atoms with Gasteiger partial charge >= 0.3 is 6.03 Å². The van der Waals surface area contributed by atoms with Crippen LogP contribution in [0.15, 0.2) is 0 Å². The maximum Gasteiger partial charge on any atom is 0.317 e. The van der Waals surface area contributed by atoms with Crippen LogP contribution in [0.25, 0.3) is 0 Å². The van der Waals surface area contributed by atoms with Crippen LogP contribution >= 0.6 is 0 Å². The van der Waals surface area contributed by atoms with Crippen LogP contribution in [0.1, 0.15) is 39.0 Å². The fourth-order valence-corrected chi connectivity index (χ4v) is 2.58. The lowest BCUT2D eigenvalue weighted by molar-refractivity contribution is 0.0558. The number of methoxy groups -OCH3 is 1. The molecule has 0 bridgehead atoms. The molecule has 0 heterocycles. The van der Waals surface area contributed by atoms with Gasteiger partial charge in [0.15, 0.2) is 0 Å². The number of hydrogen-bond donors (Lipinski definition) is 2. The van der Waals surface area contributed by atoms with Gasteiger partial charge in [-0.1, -0.05) is 19.8 Å². The second-order valence-corrected chi connectivity index (χ2v) is 5.50. The Labute approximate surface area is 116 Å². The minimum Gasteiger partial charge on any atom is -0.393 e. The number of carbonyl (C=O) groups excluding carboxylic acids is 1. The lowest BCUT2D eigenvalue weighted by Gasteiger charge is -2.31. The van der Waals surface area contributed by atoms with Gasteiger partial charge in [-0.05, 0) is 19.3 Å². The summed E-state index contributed by atoms with van der Waals surface area (Å²) in [5, 5.41) is 12.9. The van der Waals surface area contributed by atoms with E-state index in [9.17, 15) is 9.90 Å². The van der Waals surface area contributed by atoms with Crippen LogP contribution < -0.4 is 5.32 Å². The van der Waals surface area contributed by atoms with Gasteiger partial charge in [0.25, 0.3) is 0 Å². The first kappa shape index (κ1) is 16.2. The van der Waals surface area contributed by atoms with Gasteiger partial charge in [0.1, 0.15) is 0 Å².